The molecule has 23 heavy (non-hydrogen) atoms. The molecule has 0 saturated carbocycles. The number of benzene rings is 2. The Balaban J connectivity index is 2.15. The zero-order valence-electron chi connectivity index (χ0n) is 13.9. The van der Waals surface area contributed by atoms with E-state index in [4.69, 9.17) is 11.6 Å². The number of anilines is 1. The molecule has 1 amide bonds. The maximum Gasteiger partial charge on any atom is 0.237 e. The number of hydrogen-bond donors (Lipinski definition) is 1. The minimum absolute atomic E-state index is 0.00822. The van der Waals surface area contributed by atoms with E-state index in [1.54, 1.807) is 0 Å². The molecule has 0 aliphatic rings. The molecule has 0 aromatic heterocycles. The van der Waals surface area contributed by atoms with Gasteiger partial charge in [0.1, 0.15) is 0 Å². The first-order valence-electron chi connectivity index (χ1n) is 7.71. The molecule has 0 fully saturated rings. The summed E-state index contributed by atoms with van der Waals surface area (Å²) in [6.07, 6.45) is 0. The molecule has 2 aromatic carbocycles. The molecule has 2 nitrogen and oxygen atoms in total. The van der Waals surface area contributed by atoms with E-state index in [-0.39, 0.29) is 11.2 Å². The average molecular weight is 348 g/mol. The Labute approximate surface area is 147 Å². The van der Waals surface area contributed by atoms with Crippen molar-refractivity contribution >= 4 is 35.0 Å². The van der Waals surface area contributed by atoms with Gasteiger partial charge in [-0.05, 0) is 43.0 Å². The summed E-state index contributed by atoms with van der Waals surface area (Å²) in [6, 6.07) is 13.7. The van der Waals surface area contributed by atoms with E-state index >= 15 is 0 Å². The van der Waals surface area contributed by atoms with E-state index in [1.807, 2.05) is 50.2 Å². The maximum absolute atomic E-state index is 12.6. The first kappa shape index (κ1) is 17.9. The second kappa shape index (κ2) is 7.89. The van der Waals surface area contributed by atoms with Crippen molar-refractivity contribution in [3.63, 3.8) is 0 Å². The highest BCUT2D eigenvalue weighted by Crippen LogP contribution is 2.32. The van der Waals surface area contributed by atoms with Crippen LogP contribution in [0.4, 0.5) is 5.69 Å². The maximum atomic E-state index is 12.6. The minimum Gasteiger partial charge on any atom is -0.325 e. The highest BCUT2D eigenvalue weighted by molar-refractivity contribution is 8.00. The molecule has 0 radical (unpaired) electrons. The van der Waals surface area contributed by atoms with Gasteiger partial charge in [-0.15, -0.1) is 11.8 Å². The molecule has 2 aromatic rings. The molecular weight excluding hydrogens is 326 g/mol. The molecule has 0 bridgehead atoms. The highest BCUT2D eigenvalue weighted by atomic mass is 35.5. The van der Waals surface area contributed by atoms with Gasteiger partial charge in [0.05, 0.1) is 10.3 Å². The predicted octanol–water partition coefficient (Wildman–Crippen LogP) is 5.89. The fourth-order valence-electron chi connectivity index (χ4n) is 2.35. The summed E-state index contributed by atoms with van der Waals surface area (Å²) < 4.78 is 0. The second-order valence-corrected chi connectivity index (χ2v) is 7.66. The third kappa shape index (κ3) is 4.52. The summed E-state index contributed by atoms with van der Waals surface area (Å²) in [6.45, 7) is 8.18. The van der Waals surface area contributed by atoms with Crippen LogP contribution >= 0.6 is 23.4 Å². The number of carbonyl (C=O) groups is 1. The minimum atomic E-state index is -0.227. The third-order valence-electron chi connectivity index (χ3n) is 3.68. The normalized spacial score (nSPS) is 12.3. The molecule has 0 saturated heterocycles. The molecule has 1 N–H and O–H groups in total. The van der Waals surface area contributed by atoms with E-state index in [9.17, 15) is 4.79 Å². The molecule has 1 atom stereocenters. The molecule has 0 spiro atoms. The number of thioether (sulfide) groups is 1. The van der Waals surface area contributed by atoms with Crippen LogP contribution in [-0.4, -0.2) is 11.2 Å². The molecule has 2 rings (SSSR count). The van der Waals surface area contributed by atoms with Gasteiger partial charge in [0.25, 0.3) is 0 Å². The third-order valence-corrected chi connectivity index (χ3v) is 5.30. The van der Waals surface area contributed by atoms with E-state index in [2.05, 4.69) is 25.2 Å². The summed E-state index contributed by atoms with van der Waals surface area (Å²) in [7, 11) is 0. The smallest absolute Gasteiger partial charge is 0.237 e. The predicted molar refractivity (Wildman–Crippen MR) is 101 cm³/mol. The summed E-state index contributed by atoms with van der Waals surface area (Å²) in [5.41, 5.74) is 3.17. The molecule has 0 heterocycles. The van der Waals surface area contributed by atoms with Crippen molar-refractivity contribution in [3.05, 3.63) is 58.6 Å². The van der Waals surface area contributed by atoms with Crippen LogP contribution in [0.5, 0.6) is 0 Å². The van der Waals surface area contributed by atoms with Crippen LogP contribution in [0.3, 0.4) is 0 Å². The fourth-order valence-corrected chi connectivity index (χ4v) is 3.51. The fraction of sp³-hybridized carbons (Fsp3) is 0.316. The first-order chi connectivity index (χ1) is 10.9. The number of aryl methyl sites for hydroxylation is 1. The zero-order chi connectivity index (χ0) is 17.0. The lowest BCUT2D eigenvalue weighted by molar-refractivity contribution is -0.115. The van der Waals surface area contributed by atoms with E-state index in [1.165, 1.54) is 11.8 Å². The van der Waals surface area contributed by atoms with Crippen LogP contribution in [0.1, 0.15) is 37.8 Å². The lowest BCUT2D eigenvalue weighted by Crippen LogP contribution is -2.23. The summed E-state index contributed by atoms with van der Waals surface area (Å²) in [4.78, 5) is 13.5. The van der Waals surface area contributed by atoms with Crippen LogP contribution in [0.2, 0.25) is 5.02 Å². The Morgan fingerprint density at radius 2 is 1.78 bits per heavy atom. The molecule has 0 aliphatic heterocycles. The van der Waals surface area contributed by atoms with Gasteiger partial charge < -0.3 is 5.32 Å². The summed E-state index contributed by atoms with van der Waals surface area (Å²) in [5.74, 6) is 0.350. The monoisotopic (exact) mass is 347 g/mol. The number of hydrogen-bond acceptors (Lipinski definition) is 2. The molecule has 4 heteroatoms. The molecule has 122 valence electrons. The average Bonchev–Trinajstić information content (AvgIpc) is 2.51. The van der Waals surface area contributed by atoms with E-state index in [0.29, 0.717) is 10.9 Å². The number of para-hydroxylation sites is 1. The largest absolute Gasteiger partial charge is 0.325 e. The number of nitrogens with one attached hydrogen (secondary N) is 1. The number of rotatable bonds is 5. The molecule has 0 aliphatic carbocycles. The number of carbonyl (C=O) groups excluding carboxylic acids is 1. The van der Waals surface area contributed by atoms with Crippen LogP contribution in [0, 0.1) is 6.92 Å². The Kier molecular flexibility index (Phi) is 6.14. The number of halogens is 1. The van der Waals surface area contributed by atoms with Gasteiger partial charge in [-0.2, -0.15) is 0 Å². The molecular formula is C19H22ClNOS. The topological polar surface area (TPSA) is 29.1 Å². The van der Waals surface area contributed by atoms with Crippen molar-refractivity contribution in [3.8, 4) is 0 Å². The van der Waals surface area contributed by atoms with Crippen LogP contribution in [-0.2, 0) is 4.79 Å². The van der Waals surface area contributed by atoms with Crippen molar-refractivity contribution in [1.82, 2.24) is 0 Å². The number of amides is 1. The second-order valence-electron chi connectivity index (χ2n) is 5.87. The van der Waals surface area contributed by atoms with Crippen molar-refractivity contribution < 1.29 is 4.79 Å². The van der Waals surface area contributed by atoms with Crippen molar-refractivity contribution in [2.24, 2.45) is 0 Å². The zero-order valence-corrected chi connectivity index (χ0v) is 15.5. The van der Waals surface area contributed by atoms with Gasteiger partial charge in [-0.1, -0.05) is 55.8 Å². The van der Waals surface area contributed by atoms with Gasteiger partial charge >= 0.3 is 0 Å². The van der Waals surface area contributed by atoms with Gasteiger partial charge in [0.2, 0.25) is 5.91 Å². The highest BCUT2D eigenvalue weighted by Gasteiger charge is 2.18. The Morgan fingerprint density at radius 3 is 2.43 bits per heavy atom. The molecule has 1 unspecified atom stereocenters. The Hall–Kier alpha value is -1.45. The lowest BCUT2D eigenvalue weighted by atomic mass is 9.98. The van der Waals surface area contributed by atoms with E-state index < -0.39 is 0 Å². The van der Waals surface area contributed by atoms with Crippen molar-refractivity contribution in [2.75, 3.05) is 5.32 Å². The van der Waals surface area contributed by atoms with Gasteiger partial charge in [0.15, 0.2) is 0 Å². The van der Waals surface area contributed by atoms with Crippen LogP contribution < -0.4 is 5.32 Å². The van der Waals surface area contributed by atoms with Crippen molar-refractivity contribution in [1.29, 1.82) is 0 Å². The van der Waals surface area contributed by atoms with Gasteiger partial charge in [0, 0.05) is 10.6 Å². The first-order valence-corrected chi connectivity index (χ1v) is 8.97. The lowest BCUT2D eigenvalue weighted by Gasteiger charge is -2.19. The van der Waals surface area contributed by atoms with Crippen LogP contribution in [0.15, 0.2) is 47.4 Å². The SMILES string of the molecule is Cc1cccc(C(C)C)c1NC(=O)C(C)Sc1ccccc1Cl. The standard InChI is InChI=1S/C19H22ClNOS/c1-12(2)15-9-7-8-13(3)18(15)21-19(22)14(4)23-17-11-6-5-10-16(17)20/h5-12,14H,1-4H3,(H,21,22). The van der Waals surface area contributed by atoms with Gasteiger partial charge in [-0.3, -0.25) is 4.79 Å². The van der Waals surface area contributed by atoms with Crippen molar-refractivity contribution in [2.45, 2.75) is 43.8 Å². The van der Waals surface area contributed by atoms with Gasteiger partial charge in [-0.25, -0.2) is 0 Å². The Bertz CT molecular complexity index is 700. The van der Waals surface area contributed by atoms with Crippen LogP contribution in [0.25, 0.3) is 0 Å². The quantitative estimate of drug-likeness (QED) is 0.683. The summed E-state index contributed by atoms with van der Waals surface area (Å²) >= 11 is 7.65. The van der Waals surface area contributed by atoms with E-state index in [0.717, 1.165) is 21.7 Å². The summed E-state index contributed by atoms with van der Waals surface area (Å²) in [5, 5.41) is 3.55. The Morgan fingerprint density at radius 1 is 1.09 bits per heavy atom.